The molecule has 0 aliphatic heterocycles. The quantitative estimate of drug-likeness (QED) is 0.780. The Bertz CT molecular complexity index is 353. The van der Waals surface area contributed by atoms with Crippen LogP contribution in [0.15, 0.2) is 0 Å². The van der Waals surface area contributed by atoms with E-state index in [1.165, 1.54) is 25.7 Å². The molecule has 1 amide bonds. The predicted molar refractivity (Wildman–Crippen MR) is 90.0 cm³/mol. The monoisotopic (exact) mass is 310 g/mol. The normalized spacial score (nSPS) is 27.3. The largest absolute Gasteiger partial charge is 0.444 e. The van der Waals surface area contributed by atoms with Gasteiger partial charge in [-0.25, -0.2) is 4.79 Å². The lowest BCUT2D eigenvalue weighted by Gasteiger charge is -2.33. The fourth-order valence-electron chi connectivity index (χ4n) is 3.32. The second kappa shape index (κ2) is 7.67. The first kappa shape index (κ1) is 17.6. The van der Waals surface area contributed by atoms with Gasteiger partial charge in [0.2, 0.25) is 0 Å². The predicted octanol–water partition coefficient (Wildman–Crippen LogP) is 3.99. The zero-order chi connectivity index (χ0) is 16.2. The number of hydrogen-bond acceptors (Lipinski definition) is 3. The van der Waals surface area contributed by atoms with Crippen LogP contribution < -0.4 is 10.6 Å². The molecular weight excluding hydrogens is 276 g/mol. The molecule has 1 unspecified atom stereocenters. The summed E-state index contributed by atoms with van der Waals surface area (Å²) in [5.74, 6) is 0.989. The van der Waals surface area contributed by atoms with Crippen LogP contribution in [-0.4, -0.2) is 29.8 Å². The van der Waals surface area contributed by atoms with E-state index < -0.39 is 5.60 Å². The molecule has 2 rings (SSSR count). The van der Waals surface area contributed by atoms with Gasteiger partial charge in [0.15, 0.2) is 0 Å². The molecule has 2 aliphatic rings. The van der Waals surface area contributed by atoms with E-state index >= 15 is 0 Å². The van der Waals surface area contributed by atoms with Crippen molar-refractivity contribution in [2.75, 3.05) is 0 Å². The number of hydrogen-bond donors (Lipinski definition) is 2. The topological polar surface area (TPSA) is 50.4 Å². The van der Waals surface area contributed by atoms with E-state index in [1.807, 2.05) is 20.8 Å². The number of ether oxygens (including phenoxy) is 1. The SMILES string of the molecule is CCC(CC1CC1)NC1CCC(NC(=O)OC(C)(C)C)CC1. The van der Waals surface area contributed by atoms with Gasteiger partial charge in [-0.05, 0) is 65.2 Å². The van der Waals surface area contributed by atoms with Crippen LogP contribution in [0, 0.1) is 5.92 Å². The maximum Gasteiger partial charge on any atom is 0.407 e. The van der Waals surface area contributed by atoms with E-state index in [0.717, 1.165) is 31.6 Å². The minimum Gasteiger partial charge on any atom is -0.444 e. The summed E-state index contributed by atoms with van der Waals surface area (Å²) in [4.78, 5) is 11.8. The van der Waals surface area contributed by atoms with Gasteiger partial charge in [0.25, 0.3) is 0 Å². The van der Waals surface area contributed by atoms with E-state index in [-0.39, 0.29) is 12.1 Å². The van der Waals surface area contributed by atoms with Gasteiger partial charge in [0, 0.05) is 18.1 Å². The molecule has 0 bridgehead atoms. The third-order valence-electron chi connectivity index (χ3n) is 4.73. The van der Waals surface area contributed by atoms with Crippen molar-refractivity contribution in [2.24, 2.45) is 5.92 Å². The maximum absolute atomic E-state index is 11.8. The van der Waals surface area contributed by atoms with Crippen molar-refractivity contribution in [2.45, 2.75) is 103 Å². The van der Waals surface area contributed by atoms with Crippen LogP contribution in [0.2, 0.25) is 0 Å². The minimum atomic E-state index is -0.417. The van der Waals surface area contributed by atoms with Crippen LogP contribution in [0.5, 0.6) is 0 Å². The molecule has 0 heterocycles. The lowest BCUT2D eigenvalue weighted by Crippen LogP contribution is -2.46. The van der Waals surface area contributed by atoms with Gasteiger partial charge in [-0.1, -0.05) is 19.8 Å². The first-order valence-corrected chi connectivity index (χ1v) is 9.11. The molecule has 0 aromatic carbocycles. The molecule has 1 atom stereocenters. The van der Waals surface area contributed by atoms with E-state index in [0.29, 0.717) is 12.1 Å². The summed E-state index contributed by atoms with van der Waals surface area (Å²) in [6.07, 6.45) is 9.59. The Balaban J connectivity index is 1.65. The summed E-state index contributed by atoms with van der Waals surface area (Å²) in [6, 6.07) is 1.59. The zero-order valence-corrected chi connectivity index (χ0v) is 14.8. The average Bonchev–Trinajstić information content (AvgIpc) is 3.22. The molecule has 4 heteroatoms. The lowest BCUT2D eigenvalue weighted by atomic mass is 9.90. The Morgan fingerprint density at radius 1 is 1.09 bits per heavy atom. The van der Waals surface area contributed by atoms with Crippen LogP contribution in [0.1, 0.15) is 79.1 Å². The van der Waals surface area contributed by atoms with Crippen molar-refractivity contribution in [3.05, 3.63) is 0 Å². The molecule has 2 N–H and O–H groups in total. The van der Waals surface area contributed by atoms with Gasteiger partial charge >= 0.3 is 6.09 Å². The number of rotatable bonds is 6. The maximum atomic E-state index is 11.8. The van der Waals surface area contributed by atoms with E-state index in [1.54, 1.807) is 0 Å². The Labute approximate surface area is 135 Å². The molecule has 0 aromatic heterocycles. The van der Waals surface area contributed by atoms with Gasteiger partial charge < -0.3 is 15.4 Å². The number of alkyl carbamates (subject to hydrolysis) is 1. The van der Waals surface area contributed by atoms with Gasteiger partial charge in [0.1, 0.15) is 5.60 Å². The summed E-state index contributed by atoms with van der Waals surface area (Å²) >= 11 is 0. The molecule has 0 spiro atoms. The molecule has 2 saturated carbocycles. The van der Waals surface area contributed by atoms with Gasteiger partial charge in [-0.2, -0.15) is 0 Å². The zero-order valence-electron chi connectivity index (χ0n) is 14.8. The summed E-state index contributed by atoms with van der Waals surface area (Å²) in [6.45, 7) is 7.99. The number of carbonyl (C=O) groups excluding carboxylic acids is 1. The summed E-state index contributed by atoms with van der Waals surface area (Å²) in [5.41, 5.74) is -0.417. The molecule has 22 heavy (non-hydrogen) atoms. The standard InChI is InChI=1S/C18H34N2O2/c1-5-14(12-13-6-7-13)19-15-8-10-16(11-9-15)20-17(21)22-18(2,3)4/h13-16,19H,5-12H2,1-4H3,(H,20,21). The highest BCUT2D eigenvalue weighted by Crippen LogP contribution is 2.34. The Morgan fingerprint density at radius 2 is 1.68 bits per heavy atom. The molecule has 2 aliphatic carbocycles. The average molecular weight is 310 g/mol. The highest BCUT2D eigenvalue weighted by atomic mass is 16.6. The van der Waals surface area contributed by atoms with E-state index in [9.17, 15) is 4.79 Å². The van der Waals surface area contributed by atoms with Crippen molar-refractivity contribution >= 4 is 6.09 Å². The van der Waals surface area contributed by atoms with Crippen molar-refractivity contribution < 1.29 is 9.53 Å². The van der Waals surface area contributed by atoms with Crippen LogP contribution in [-0.2, 0) is 4.74 Å². The van der Waals surface area contributed by atoms with Crippen molar-refractivity contribution in [1.29, 1.82) is 0 Å². The van der Waals surface area contributed by atoms with Crippen LogP contribution >= 0.6 is 0 Å². The minimum absolute atomic E-state index is 0.274. The van der Waals surface area contributed by atoms with Crippen LogP contribution in [0.4, 0.5) is 4.79 Å². The number of nitrogens with one attached hydrogen (secondary N) is 2. The fraction of sp³-hybridized carbons (Fsp3) is 0.944. The molecular formula is C18H34N2O2. The lowest BCUT2D eigenvalue weighted by molar-refractivity contribution is 0.0489. The van der Waals surface area contributed by atoms with Crippen molar-refractivity contribution in [3.8, 4) is 0 Å². The third-order valence-corrected chi connectivity index (χ3v) is 4.73. The number of carbonyl (C=O) groups is 1. The Hall–Kier alpha value is -0.770. The second-order valence-corrected chi connectivity index (χ2v) is 8.15. The first-order chi connectivity index (χ1) is 10.4. The molecule has 4 nitrogen and oxygen atoms in total. The summed E-state index contributed by atoms with van der Waals surface area (Å²) in [5, 5.41) is 6.86. The molecule has 128 valence electrons. The van der Waals surface area contributed by atoms with Gasteiger partial charge in [-0.3, -0.25) is 0 Å². The van der Waals surface area contributed by atoms with Crippen LogP contribution in [0.3, 0.4) is 0 Å². The Kier molecular flexibility index (Phi) is 6.13. The van der Waals surface area contributed by atoms with Gasteiger partial charge in [-0.15, -0.1) is 0 Å². The summed E-state index contributed by atoms with van der Waals surface area (Å²) in [7, 11) is 0. The molecule has 0 aromatic rings. The fourth-order valence-corrected chi connectivity index (χ4v) is 3.32. The first-order valence-electron chi connectivity index (χ1n) is 9.11. The molecule has 2 fully saturated rings. The highest BCUT2D eigenvalue weighted by molar-refractivity contribution is 5.68. The highest BCUT2D eigenvalue weighted by Gasteiger charge is 2.28. The van der Waals surface area contributed by atoms with E-state index in [2.05, 4.69) is 17.6 Å². The third kappa shape index (κ3) is 6.55. The van der Waals surface area contributed by atoms with E-state index in [4.69, 9.17) is 4.74 Å². The summed E-state index contributed by atoms with van der Waals surface area (Å²) < 4.78 is 5.33. The van der Waals surface area contributed by atoms with Crippen molar-refractivity contribution in [3.63, 3.8) is 0 Å². The Morgan fingerprint density at radius 3 is 2.18 bits per heavy atom. The second-order valence-electron chi connectivity index (χ2n) is 8.15. The smallest absolute Gasteiger partial charge is 0.407 e. The molecule has 0 saturated heterocycles. The molecule has 0 radical (unpaired) electrons. The number of amides is 1. The van der Waals surface area contributed by atoms with Gasteiger partial charge in [0.05, 0.1) is 0 Å². The van der Waals surface area contributed by atoms with Crippen LogP contribution in [0.25, 0.3) is 0 Å². The van der Waals surface area contributed by atoms with Crippen molar-refractivity contribution in [1.82, 2.24) is 10.6 Å².